The van der Waals surface area contributed by atoms with Gasteiger partial charge in [-0.25, -0.2) is 9.59 Å². The Morgan fingerprint density at radius 1 is 1.17 bits per heavy atom. The van der Waals surface area contributed by atoms with Crippen LogP contribution < -0.4 is 10.6 Å². The van der Waals surface area contributed by atoms with Crippen LogP contribution in [0.4, 0.5) is 5.69 Å². The maximum absolute atomic E-state index is 12.4. The minimum Gasteiger partial charge on any atom is -0.466 e. The summed E-state index contributed by atoms with van der Waals surface area (Å²) >= 11 is 0. The Morgan fingerprint density at radius 2 is 1.92 bits per heavy atom. The van der Waals surface area contributed by atoms with E-state index in [-0.39, 0.29) is 6.04 Å². The summed E-state index contributed by atoms with van der Waals surface area (Å²) in [6.45, 7) is 0.727. The number of benzene rings is 1. The van der Waals surface area contributed by atoms with Gasteiger partial charge in [0.2, 0.25) is 0 Å². The summed E-state index contributed by atoms with van der Waals surface area (Å²) < 4.78 is 9.90. The average molecular weight is 326 g/mol. The topological polar surface area (TPSA) is 76.7 Å². The molecule has 1 aromatic carbocycles. The Morgan fingerprint density at radius 3 is 2.67 bits per heavy atom. The monoisotopic (exact) mass is 326 g/mol. The van der Waals surface area contributed by atoms with Gasteiger partial charge in [-0.2, -0.15) is 0 Å². The van der Waals surface area contributed by atoms with Crippen molar-refractivity contribution in [3.8, 4) is 0 Å². The molecule has 124 valence electrons. The summed E-state index contributed by atoms with van der Waals surface area (Å²) in [7, 11) is 2.69. The maximum Gasteiger partial charge on any atom is 0.339 e. The molecule has 1 aromatic rings. The Hall–Kier alpha value is -2.76. The van der Waals surface area contributed by atoms with Crippen molar-refractivity contribution in [1.29, 1.82) is 0 Å². The van der Waals surface area contributed by atoms with E-state index in [2.05, 4.69) is 10.6 Å². The van der Waals surface area contributed by atoms with Gasteiger partial charge in [-0.1, -0.05) is 18.2 Å². The van der Waals surface area contributed by atoms with Crippen molar-refractivity contribution in [3.63, 3.8) is 0 Å². The fourth-order valence-electron chi connectivity index (χ4n) is 4.21. The van der Waals surface area contributed by atoms with Crippen molar-refractivity contribution in [2.75, 3.05) is 26.1 Å². The van der Waals surface area contributed by atoms with Crippen molar-refractivity contribution in [3.05, 3.63) is 52.7 Å². The third-order valence-corrected chi connectivity index (χ3v) is 5.17. The molecule has 2 N–H and O–H groups in total. The molecule has 0 aromatic heterocycles. The van der Waals surface area contributed by atoms with Crippen LogP contribution in [0.3, 0.4) is 0 Å². The molecule has 2 aliphatic heterocycles. The van der Waals surface area contributed by atoms with Crippen molar-refractivity contribution in [2.24, 2.45) is 0 Å². The number of hydrogen-bond acceptors (Lipinski definition) is 6. The molecule has 1 aliphatic carbocycles. The lowest BCUT2D eigenvalue weighted by Gasteiger charge is -2.37. The fraction of sp³-hybridized carbons (Fsp3) is 0.333. The maximum atomic E-state index is 12.4. The number of nitrogens with one attached hydrogen (secondary N) is 2. The summed E-state index contributed by atoms with van der Waals surface area (Å²) in [5.41, 5.74) is 3.25. The lowest BCUT2D eigenvalue weighted by atomic mass is 9.67. The summed E-state index contributed by atoms with van der Waals surface area (Å²) in [6.07, 6.45) is 2.37. The molecule has 4 rings (SSSR count). The quantitative estimate of drug-likeness (QED) is 0.797. The predicted molar refractivity (Wildman–Crippen MR) is 87.3 cm³/mol. The number of methoxy groups -OCH3 is 2. The molecule has 0 radical (unpaired) electrons. The molecule has 24 heavy (non-hydrogen) atoms. The first kappa shape index (κ1) is 14.8. The SMILES string of the molecule is COC(=O)C1=CC(C(=O)OC)=C2NCC[C@@]23c2ccccc2N[C@@H]13. The number of para-hydroxylation sites is 1. The molecule has 0 saturated carbocycles. The van der Waals surface area contributed by atoms with Crippen LogP contribution >= 0.6 is 0 Å². The zero-order valence-electron chi connectivity index (χ0n) is 13.5. The fourth-order valence-corrected chi connectivity index (χ4v) is 4.21. The molecule has 1 spiro atoms. The van der Waals surface area contributed by atoms with Crippen LogP contribution in [0.15, 0.2) is 47.2 Å². The highest BCUT2D eigenvalue weighted by atomic mass is 16.5. The van der Waals surface area contributed by atoms with Gasteiger partial charge < -0.3 is 20.1 Å². The van der Waals surface area contributed by atoms with Crippen molar-refractivity contribution in [2.45, 2.75) is 17.9 Å². The standard InChI is InChI=1S/C18H18N2O4/c1-23-16(21)10-9-11(17(22)24-2)15-18(7-8-19-14(10)18)12-5-3-4-6-13(12)20-15/h3-6,9,15,19-20H,7-8H2,1-2H3/t15-,18+/m0/s1. The van der Waals surface area contributed by atoms with E-state index in [0.29, 0.717) is 11.1 Å². The van der Waals surface area contributed by atoms with E-state index in [4.69, 9.17) is 9.47 Å². The predicted octanol–water partition coefficient (Wildman–Crippen LogP) is 1.25. The Bertz CT molecular complexity index is 811. The highest BCUT2D eigenvalue weighted by Crippen LogP contribution is 2.54. The number of anilines is 1. The van der Waals surface area contributed by atoms with Gasteiger partial charge in [0.05, 0.1) is 36.8 Å². The summed E-state index contributed by atoms with van der Waals surface area (Å²) in [4.78, 5) is 24.7. The second-order valence-electron chi connectivity index (χ2n) is 6.14. The summed E-state index contributed by atoms with van der Waals surface area (Å²) in [5.74, 6) is -0.893. The zero-order chi connectivity index (χ0) is 16.9. The molecule has 6 heteroatoms. The van der Waals surface area contributed by atoms with E-state index in [1.165, 1.54) is 14.2 Å². The first-order chi connectivity index (χ1) is 11.6. The van der Waals surface area contributed by atoms with Gasteiger partial charge in [0.25, 0.3) is 0 Å². The van der Waals surface area contributed by atoms with Crippen LogP contribution in [0.2, 0.25) is 0 Å². The molecule has 1 saturated heterocycles. The Labute approximate surface area is 139 Å². The number of carbonyl (C=O) groups excluding carboxylic acids is 2. The number of fused-ring (bicyclic) bond motifs is 1. The summed E-state index contributed by atoms with van der Waals surface area (Å²) in [5, 5.41) is 6.79. The number of ether oxygens (including phenoxy) is 2. The minimum absolute atomic E-state index is 0.263. The first-order valence-electron chi connectivity index (χ1n) is 7.86. The van der Waals surface area contributed by atoms with Crippen LogP contribution in [0, 0.1) is 0 Å². The van der Waals surface area contributed by atoms with E-state index in [1.807, 2.05) is 24.3 Å². The smallest absolute Gasteiger partial charge is 0.339 e. The lowest BCUT2D eigenvalue weighted by Crippen LogP contribution is -2.46. The summed E-state index contributed by atoms with van der Waals surface area (Å²) in [6, 6.07) is 7.70. The molecule has 1 fully saturated rings. The first-order valence-corrected chi connectivity index (χ1v) is 7.86. The van der Waals surface area contributed by atoms with Crippen LogP contribution in [-0.2, 0) is 24.5 Å². The van der Waals surface area contributed by atoms with E-state index < -0.39 is 17.4 Å². The molecule has 0 unspecified atom stereocenters. The molecular formula is C18H18N2O4. The molecular weight excluding hydrogens is 308 g/mol. The van der Waals surface area contributed by atoms with E-state index in [0.717, 1.165) is 29.9 Å². The number of hydrogen-bond donors (Lipinski definition) is 2. The highest BCUT2D eigenvalue weighted by molar-refractivity contribution is 6.01. The molecule has 0 bridgehead atoms. The van der Waals surface area contributed by atoms with Crippen LogP contribution in [0.5, 0.6) is 0 Å². The number of esters is 2. The van der Waals surface area contributed by atoms with Gasteiger partial charge in [0.1, 0.15) is 0 Å². The van der Waals surface area contributed by atoms with Crippen molar-refractivity contribution < 1.29 is 19.1 Å². The largest absolute Gasteiger partial charge is 0.466 e. The highest BCUT2D eigenvalue weighted by Gasteiger charge is 2.57. The lowest BCUT2D eigenvalue weighted by molar-refractivity contribution is -0.136. The molecule has 3 aliphatic rings. The van der Waals surface area contributed by atoms with Crippen LogP contribution in [0.1, 0.15) is 12.0 Å². The number of rotatable bonds is 2. The average Bonchev–Trinajstić information content (AvgIpc) is 3.20. The van der Waals surface area contributed by atoms with Gasteiger partial charge >= 0.3 is 11.9 Å². The van der Waals surface area contributed by atoms with Gasteiger partial charge in [0.15, 0.2) is 0 Å². The third-order valence-electron chi connectivity index (χ3n) is 5.17. The Kier molecular flexibility index (Phi) is 3.16. The van der Waals surface area contributed by atoms with E-state index in [9.17, 15) is 9.59 Å². The van der Waals surface area contributed by atoms with Gasteiger partial charge in [0, 0.05) is 17.9 Å². The molecule has 6 nitrogen and oxygen atoms in total. The molecule has 2 heterocycles. The van der Waals surface area contributed by atoms with Crippen molar-refractivity contribution >= 4 is 17.6 Å². The van der Waals surface area contributed by atoms with E-state index in [1.54, 1.807) is 6.08 Å². The number of carbonyl (C=O) groups is 2. The Balaban J connectivity index is 2.00. The zero-order valence-corrected chi connectivity index (χ0v) is 13.5. The van der Waals surface area contributed by atoms with Gasteiger partial charge in [-0.3, -0.25) is 0 Å². The molecule has 0 amide bonds. The van der Waals surface area contributed by atoms with Gasteiger partial charge in [-0.15, -0.1) is 0 Å². The van der Waals surface area contributed by atoms with Gasteiger partial charge in [-0.05, 0) is 24.1 Å². The third kappa shape index (κ3) is 1.71. The normalized spacial score (nSPS) is 26.4. The second-order valence-corrected chi connectivity index (χ2v) is 6.14. The van der Waals surface area contributed by atoms with E-state index >= 15 is 0 Å². The molecule has 2 atom stereocenters. The minimum atomic E-state index is -0.474. The van der Waals surface area contributed by atoms with Crippen LogP contribution in [-0.4, -0.2) is 38.7 Å². The van der Waals surface area contributed by atoms with Crippen LogP contribution in [0.25, 0.3) is 0 Å². The van der Waals surface area contributed by atoms with Crippen molar-refractivity contribution in [1.82, 2.24) is 5.32 Å². The second kappa shape index (κ2) is 5.12.